The Kier molecular flexibility index (Phi) is 2.82. The molecule has 0 saturated heterocycles. The van der Waals surface area contributed by atoms with Crippen LogP contribution in [-0.2, 0) is 0 Å². The molecule has 0 N–H and O–H groups in total. The highest BCUT2D eigenvalue weighted by Crippen LogP contribution is 2.32. The van der Waals surface area contributed by atoms with E-state index >= 15 is 0 Å². The van der Waals surface area contributed by atoms with Crippen molar-refractivity contribution in [2.24, 2.45) is 0 Å². The molecule has 1 aromatic rings. The third kappa shape index (κ3) is 1.81. The van der Waals surface area contributed by atoms with Gasteiger partial charge in [0, 0.05) is 5.69 Å². The zero-order valence-corrected chi connectivity index (χ0v) is 9.59. The summed E-state index contributed by atoms with van der Waals surface area (Å²) in [6, 6.07) is 2.60. The van der Waals surface area contributed by atoms with Gasteiger partial charge in [0.25, 0.3) is 0 Å². The average Bonchev–Trinajstić information content (AvgIpc) is 2.70. The number of aromatic nitrogens is 2. The van der Waals surface area contributed by atoms with E-state index in [2.05, 4.69) is 23.6 Å². The summed E-state index contributed by atoms with van der Waals surface area (Å²) in [5.41, 5.74) is 1.28. The molecule has 2 nitrogen and oxygen atoms in total. The van der Waals surface area contributed by atoms with Crippen LogP contribution in [0.2, 0.25) is 5.15 Å². The lowest BCUT2D eigenvalue weighted by molar-refractivity contribution is 0.442. The molecule has 1 heterocycles. The van der Waals surface area contributed by atoms with Gasteiger partial charge in [-0.1, -0.05) is 38.3 Å². The molecule has 1 aromatic heterocycles. The standard InChI is InChI=1S/C11H17ClN2/c1-8(2)10-7-11(12)13-14(10)9-5-3-4-6-9/h7-9H,3-6H2,1-2H3. The highest BCUT2D eigenvalue weighted by Gasteiger charge is 2.21. The Morgan fingerprint density at radius 1 is 1.43 bits per heavy atom. The number of halogens is 1. The van der Waals surface area contributed by atoms with Crippen molar-refractivity contribution in [1.29, 1.82) is 0 Å². The van der Waals surface area contributed by atoms with Crippen molar-refractivity contribution >= 4 is 11.6 Å². The molecule has 3 heteroatoms. The Balaban J connectivity index is 2.30. The SMILES string of the molecule is CC(C)c1cc(Cl)nn1C1CCCC1. The molecule has 1 aliphatic carbocycles. The highest BCUT2D eigenvalue weighted by atomic mass is 35.5. The van der Waals surface area contributed by atoms with E-state index in [-0.39, 0.29) is 0 Å². The highest BCUT2D eigenvalue weighted by molar-refractivity contribution is 6.29. The molecular weight excluding hydrogens is 196 g/mol. The van der Waals surface area contributed by atoms with Crippen LogP contribution in [0.3, 0.4) is 0 Å². The van der Waals surface area contributed by atoms with Crippen LogP contribution >= 0.6 is 11.6 Å². The molecule has 1 saturated carbocycles. The van der Waals surface area contributed by atoms with Gasteiger partial charge in [0.15, 0.2) is 5.15 Å². The quantitative estimate of drug-likeness (QED) is 0.730. The lowest BCUT2D eigenvalue weighted by Crippen LogP contribution is -2.11. The lowest BCUT2D eigenvalue weighted by Gasteiger charge is -2.15. The molecule has 0 spiro atoms. The van der Waals surface area contributed by atoms with Crippen LogP contribution in [0.25, 0.3) is 0 Å². The Bertz CT molecular complexity index is 311. The first kappa shape index (κ1) is 10.0. The Morgan fingerprint density at radius 2 is 2.07 bits per heavy atom. The monoisotopic (exact) mass is 212 g/mol. The molecule has 0 aromatic carbocycles. The van der Waals surface area contributed by atoms with Crippen molar-refractivity contribution in [3.8, 4) is 0 Å². The topological polar surface area (TPSA) is 17.8 Å². The number of hydrogen-bond donors (Lipinski definition) is 0. The van der Waals surface area contributed by atoms with Crippen molar-refractivity contribution in [2.45, 2.75) is 51.5 Å². The minimum atomic E-state index is 0.510. The third-order valence-corrected chi connectivity index (χ3v) is 3.18. The van der Waals surface area contributed by atoms with Crippen LogP contribution in [0.1, 0.15) is 57.2 Å². The summed E-state index contributed by atoms with van der Waals surface area (Å²) in [4.78, 5) is 0. The van der Waals surface area contributed by atoms with Crippen LogP contribution in [0.4, 0.5) is 0 Å². The van der Waals surface area contributed by atoms with Crippen molar-refractivity contribution in [3.63, 3.8) is 0 Å². The first-order chi connectivity index (χ1) is 6.68. The van der Waals surface area contributed by atoms with Crippen LogP contribution < -0.4 is 0 Å². The van der Waals surface area contributed by atoms with Gasteiger partial charge in [-0.3, -0.25) is 4.68 Å². The number of rotatable bonds is 2. The molecule has 0 atom stereocenters. The smallest absolute Gasteiger partial charge is 0.151 e. The fraction of sp³-hybridized carbons (Fsp3) is 0.727. The van der Waals surface area contributed by atoms with E-state index in [9.17, 15) is 0 Å². The van der Waals surface area contributed by atoms with Gasteiger partial charge < -0.3 is 0 Å². The van der Waals surface area contributed by atoms with E-state index in [1.165, 1.54) is 31.4 Å². The van der Waals surface area contributed by atoms with Gasteiger partial charge in [0.05, 0.1) is 6.04 Å². The summed E-state index contributed by atoms with van der Waals surface area (Å²) in [5.74, 6) is 0.510. The van der Waals surface area contributed by atoms with Gasteiger partial charge in [-0.2, -0.15) is 5.10 Å². The van der Waals surface area contributed by atoms with E-state index in [0.29, 0.717) is 17.1 Å². The second kappa shape index (κ2) is 3.93. The van der Waals surface area contributed by atoms with Crippen LogP contribution in [0.5, 0.6) is 0 Å². The predicted octanol–water partition coefficient (Wildman–Crippen LogP) is 3.78. The van der Waals surface area contributed by atoms with Crippen molar-refractivity contribution < 1.29 is 0 Å². The molecule has 0 aliphatic heterocycles. The Labute approximate surface area is 90.3 Å². The summed E-state index contributed by atoms with van der Waals surface area (Å²) >= 11 is 5.96. The maximum absolute atomic E-state index is 5.96. The van der Waals surface area contributed by atoms with Crippen LogP contribution in [-0.4, -0.2) is 9.78 Å². The average molecular weight is 213 g/mol. The van der Waals surface area contributed by atoms with Gasteiger partial charge in [-0.25, -0.2) is 0 Å². The maximum atomic E-state index is 5.96. The third-order valence-electron chi connectivity index (χ3n) is 3.00. The second-order valence-electron chi connectivity index (χ2n) is 4.43. The zero-order valence-electron chi connectivity index (χ0n) is 8.83. The van der Waals surface area contributed by atoms with E-state index in [4.69, 9.17) is 11.6 Å². The van der Waals surface area contributed by atoms with E-state index < -0.39 is 0 Å². The fourth-order valence-corrected chi connectivity index (χ4v) is 2.44. The molecule has 2 rings (SSSR count). The van der Waals surface area contributed by atoms with Crippen molar-refractivity contribution in [2.75, 3.05) is 0 Å². The summed E-state index contributed by atoms with van der Waals surface area (Å²) in [5, 5.41) is 5.04. The fourth-order valence-electron chi connectivity index (χ4n) is 2.25. The van der Waals surface area contributed by atoms with Crippen molar-refractivity contribution in [3.05, 3.63) is 16.9 Å². The number of nitrogens with zero attached hydrogens (tertiary/aromatic N) is 2. The molecular formula is C11H17ClN2. The first-order valence-corrected chi connectivity index (χ1v) is 5.81. The summed E-state index contributed by atoms with van der Waals surface area (Å²) < 4.78 is 2.15. The molecule has 0 unspecified atom stereocenters. The molecule has 1 aliphatic rings. The van der Waals surface area contributed by atoms with Crippen molar-refractivity contribution in [1.82, 2.24) is 9.78 Å². The minimum Gasteiger partial charge on any atom is -0.265 e. The lowest BCUT2D eigenvalue weighted by atomic mass is 10.1. The molecule has 14 heavy (non-hydrogen) atoms. The van der Waals surface area contributed by atoms with Gasteiger partial charge in [0.2, 0.25) is 0 Å². The second-order valence-corrected chi connectivity index (χ2v) is 4.82. The van der Waals surface area contributed by atoms with Gasteiger partial charge >= 0.3 is 0 Å². The normalized spacial score (nSPS) is 18.3. The van der Waals surface area contributed by atoms with Crippen LogP contribution in [0.15, 0.2) is 6.07 Å². The Morgan fingerprint density at radius 3 is 2.64 bits per heavy atom. The van der Waals surface area contributed by atoms with Gasteiger partial charge in [-0.05, 0) is 24.8 Å². The van der Waals surface area contributed by atoms with Crippen LogP contribution in [0, 0.1) is 0 Å². The molecule has 0 amide bonds. The van der Waals surface area contributed by atoms with Gasteiger partial charge in [-0.15, -0.1) is 0 Å². The molecule has 0 radical (unpaired) electrons. The number of hydrogen-bond acceptors (Lipinski definition) is 1. The maximum Gasteiger partial charge on any atom is 0.151 e. The zero-order chi connectivity index (χ0) is 10.1. The summed E-state index contributed by atoms with van der Waals surface area (Å²) in [7, 11) is 0. The largest absolute Gasteiger partial charge is 0.265 e. The summed E-state index contributed by atoms with van der Waals surface area (Å²) in [6.45, 7) is 4.39. The molecule has 0 bridgehead atoms. The van der Waals surface area contributed by atoms with E-state index in [1.54, 1.807) is 0 Å². The molecule has 1 fully saturated rings. The minimum absolute atomic E-state index is 0.510. The first-order valence-electron chi connectivity index (χ1n) is 5.43. The summed E-state index contributed by atoms with van der Waals surface area (Å²) in [6.07, 6.45) is 5.19. The van der Waals surface area contributed by atoms with E-state index in [1.807, 2.05) is 6.07 Å². The predicted molar refractivity (Wildman–Crippen MR) is 58.8 cm³/mol. The Hall–Kier alpha value is -0.500. The molecule has 78 valence electrons. The van der Waals surface area contributed by atoms with E-state index in [0.717, 1.165) is 0 Å². The van der Waals surface area contributed by atoms with Gasteiger partial charge in [0.1, 0.15) is 0 Å².